The van der Waals surface area contributed by atoms with Crippen LogP contribution in [0, 0.1) is 0 Å². The third-order valence-electron chi connectivity index (χ3n) is 4.11. The van der Waals surface area contributed by atoms with E-state index in [1.807, 2.05) is 60.7 Å². The monoisotopic (exact) mass is 456 g/mol. The van der Waals surface area contributed by atoms with E-state index in [0.29, 0.717) is 6.42 Å². The van der Waals surface area contributed by atoms with E-state index in [1.54, 1.807) is 13.8 Å². The average molecular weight is 457 g/mol. The second kappa shape index (κ2) is 12.7. The van der Waals surface area contributed by atoms with E-state index >= 15 is 0 Å². The van der Waals surface area contributed by atoms with Crippen LogP contribution < -0.4 is 0 Å². The van der Waals surface area contributed by atoms with Crippen LogP contribution in [0.1, 0.15) is 31.4 Å². The predicted molar refractivity (Wildman–Crippen MR) is 113 cm³/mol. The molecule has 2 aromatic carbocycles. The van der Waals surface area contributed by atoms with Gasteiger partial charge in [-0.25, -0.2) is 9.36 Å². The van der Waals surface area contributed by atoms with Crippen LogP contribution in [0.25, 0.3) is 0 Å². The molecule has 0 amide bonds. The smallest absolute Gasteiger partial charge is 0.428 e. The van der Waals surface area contributed by atoms with Gasteiger partial charge in [0.1, 0.15) is 12.2 Å². The number of hydrogen-bond acceptors (Lipinski definition) is 7. The topological polar surface area (TPSA) is 80.3 Å². The summed E-state index contributed by atoms with van der Waals surface area (Å²) in [6, 6.07) is 18.2. The van der Waals surface area contributed by atoms with Gasteiger partial charge in [-0.05, 0) is 24.5 Å². The largest absolute Gasteiger partial charge is 0.509 e. The van der Waals surface area contributed by atoms with Crippen molar-refractivity contribution in [1.82, 2.24) is 0 Å². The number of phosphoric acid groups is 1. The summed E-state index contributed by atoms with van der Waals surface area (Å²) in [7, 11) is -3.99. The van der Waals surface area contributed by atoms with Crippen molar-refractivity contribution >= 4 is 25.6 Å². The highest BCUT2D eigenvalue weighted by molar-refractivity contribution is 7.48. The number of rotatable bonds is 12. The van der Waals surface area contributed by atoms with Gasteiger partial charge in [0.2, 0.25) is 0 Å². The lowest BCUT2D eigenvalue weighted by atomic mass is 10.2. The van der Waals surface area contributed by atoms with Crippen LogP contribution in [0.5, 0.6) is 0 Å². The Morgan fingerprint density at radius 1 is 0.967 bits per heavy atom. The zero-order chi connectivity index (χ0) is 21.8. The van der Waals surface area contributed by atoms with E-state index in [9.17, 15) is 9.36 Å². The van der Waals surface area contributed by atoms with Gasteiger partial charge >= 0.3 is 14.0 Å². The van der Waals surface area contributed by atoms with Crippen molar-refractivity contribution in [3.05, 3.63) is 71.8 Å². The van der Waals surface area contributed by atoms with Crippen LogP contribution in [0.4, 0.5) is 4.79 Å². The molecule has 0 unspecified atom stereocenters. The molecular formula is C21H26ClO7P. The number of carbonyl (C=O) groups is 1. The highest BCUT2D eigenvalue weighted by Gasteiger charge is 2.34. The Bertz CT molecular complexity index is 756. The minimum atomic E-state index is -3.99. The SMILES string of the molecule is CC[C@@H](OP(=O)(OCc1ccccc1)OCc1ccccc1)[C@H](C)OC(=O)OCCl. The molecule has 0 saturated carbocycles. The van der Waals surface area contributed by atoms with Gasteiger partial charge in [-0.15, -0.1) is 0 Å². The van der Waals surface area contributed by atoms with E-state index in [4.69, 9.17) is 29.9 Å². The number of carbonyl (C=O) groups excluding carboxylic acids is 1. The second-order valence-electron chi connectivity index (χ2n) is 6.34. The molecule has 0 N–H and O–H groups in total. The first kappa shape index (κ1) is 24.4. The van der Waals surface area contributed by atoms with E-state index in [1.165, 1.54) is 0 Å². The third-order valence-corrected chi connectivity index (χ3v) is 5.64. The maximum absolute atomic E-state index is 13.4. The van der Waals surface area contributed by atoms with Crippen molar-refractivity contribution in [2.24, 2.45) is 0 Å². The van der Waals surface area contributed by atoms with Gasteiger partial charge in [0.05, 0.1) is 13.2 Å². The van der Waals surface area contributed by atoms with Crippen LogP contribution in [0.2, 0.25) is 0 Å². The maximum atomic E-state index is 13.4. The Morgan fingerprint density at radius 2 is 1.47 bits per heavy atom. The van der Waals surface area contributed by atoms with Gasteiger partial charge in [0.25, 0.3) is 0 Å². The second-order valence-corrected chi connectivity index (χ2v) is 8.18. The summed E-state index contributed by atoms with van der Waals surface area (Å²) in [5.41, 5.74) is 1.63. The summed E-state index contributed by atoms with van der Waals surface area (Å²) in [5, 5.41) is 0. The molecule has 2 aromatic rings. The molecule has 0 radical (unpaired) electrons. The Hall–Kier alpha value is -1.89. The molecule has 0 heterocycles. The summed E-state index contributed by atoms with van der Waals surface area (Å²) in [4.78, 5) is 11.5. The van der Waals surface area contributed by atoms with Crippen LogP contribution in [0.3, 0.4) is 0 Å². The number of hydrogen-bond donors (Lipinski definition) is 0. The fourth-order valence-corrected chi connectivity index (χ4v) is 4.07. The van der Waals surface area contributed by atoms with Gasteiger partial charge in [0, 0.05) is 0 Å². The predicted octanol–water partition coefficient (Wildman–Crippen LogP) is 6.06. The zero-order valence-electron chi connectivity index (χ0n) is 16.9. The molecule has 2 rings (SSSR count). The molecule has 0 saturated heterocycles. The number of halogens is 1. The quantitative estimate of drug-likeness (QED) is 0.218. The zero-order valence-corrected chi connectivity index (χ0v) is 18.6. The Morgan fingerprint density at radius 3 is 1.90 bits per heavy atom. The summed E-state index contributed by atoms with van der Waals surface area (Å²) in [6.45, 7) is 3.47. The highest BCUT2D eigenvalue weighted by Crippen LogP contribution is 2.52. The van der Waals surface area contributed by atoms with Crippen LogP contribution >= 0.6 is 19.4 Å². The Kier molecular flexibility index (Phi) is 10.3. The number of benzene rings is 2. The van der Waals surface area contributed by atoms with Crippen molar-refractivity contribution in [2.75, 3.05) is 6.07 Å². The first-order valence-corrected chi connectivity index (χ1v) is 11.5. The Balaban J connectivity index is 2.09. The fraction of sp³-hybridized carbons (Fsp3) is 0.381. The first-order chi connectivity index (χ1) is 14.5. The minimum absolute atomic E-state index is 0.0346. The van der Waals surface area contributed by atoms with Crippen molar-refractivity contribution in [2.45, 2.75) is 45.7 Å². The van der Waals surface area contributed by atoms with Gasteiger partial charge in [-0.1, -0.05) is 79.2 Å². The number of alkyl halides is 1. The lowest BCUT2D eigenvalue weighted by Crippen LogP contribution is -2.30. The minimum Gasteiger partial charge on any atom is -0.428 e. The first-order valence-electron chi connectivity index (χ1n) is 9.50. The van der Waals surface area contributed by atoms with Gasteiger partial charge < -0.3 is 9.47 Å². The van der Waals surface area contributed by atoms with E-state index in [-0.39, 0.29) is 19.3 Å². The molecule has 0 bridgehead atoms. The van der Waals surface area contributed by atoms with Crippen LogP contribution in [-0.4, -0.2) is 24.4 Å². The van der Waals surface area contributed by atoms with E-state index in [0.717, 1.165) is 11.1 Å². The molecule has 0 aliphatic heterocycles. The molecule has 0 spiro atoms. The third kappa shape index (κ3) is 8.46. The van der Waals surface area contributed by atoms with Gasteiger partial charge in [-0.2, -0.15) is 0 Å². The van der Waals surface area contributed by atoms with Crippen molar-refractivity contribution in [3.8, 4) is 0 Å². The van der Waals surface area contributed by atoms with Gasteiger partial charge in [-0.3, -0.25) is 13.6 Å². The highest BCUT2D eigenvalue weighted by atomic mass is 35.5. The molecular weight excluding hydrogens is 431 g/mol. The van der Waals surface area contributed by atoms with Crippen molar-refractivity contribution in [3.63, 3.8) is 0 Å². The molecule has 9 heteroatoms. The number of phosphoric ester groups is 1. The van der Waals surface area contributed by atoms with Crippen molar-refractivity contribution < 1.29 is 32.4 Å². The molecule has 2 atom stereocenters. The molecule has 164 valence electrons. The van der Waals surface area contributed by atoms with E-state index < -0.39 is 26.2 Å². The van der Waals surface area contributed by atoms with Crippen molar-refractivity contribution in [1.29, 1.82) is 0 Å². The van der Waals surface area contributed by atoms with E-state index in [2.05, 4.69) is 4.74 Å². The molecule has 0 aliphatic rings. The van der Waals surface area contributed by atoms with Crippen LogP contribution in [0.15, 0.2) is 60.7 Å². The summed E-state index contributed by atoms with van der Waals surface area (Å²) in [5.74, 6) is 0. The molecule has 7 nitrogen and oxygen atoms in total. The summed E-state index contributed by atoms with van der Waals surface area (Å²) < 4.78 is 40.0. The van der Waals surface area contributed by atoms with Gasteiger partial charge in [0.15, 0.2) is 6.07 Å². The standard InChI is InChI=1S/C21H26ClO7P/c1-3-20(17(2)28-21(23)25-16-22)29-30(24,26-14-18-10-6-4-7-11-18)27-15-19-12-8-5-9-13-19/h4-13,17,20H,3,14-16H2,1-2H3/t17-,20+/m0/s1. The van der Waals surface area contributed by atoms with Crippen LogP contribution in [-0.2, 0) is 40.8 Å². The normalized spacial score (nSPS) is 13.4. The fourth-order valence-electron chi connectivity index (χ4n) is 2.52. The lowest BCUT2D eigenvalue weighted by molar-refractivity contribution is -0.0282. The average Bonchev–Trinajstić information content (AvgIpc) is 2.76. The molecule has 0 fully saturated rings. The number of ether oxygens (including phenoxy) is 2. The summed E-state index contributed by atoms with van der Waals surface area (Å²) in [6.07, 6.45) is -2.06. The Labute approximate surface area is 181 Å². The molecule has 0 aliphatic carbocycles. The lowest BCUT2D eigenvalue weighted by Gasteiger charge is -2.27. The summed E-state index contributed by atoms with van der Waals surface area (Å²) >= 11 is 5.36. The molecule has 0 aromatic heterocycles. The maximum Gasteiger partial charge on any atom is 0.509 e. The molecule has 30 heavy (non-hydrogen) atoms.